The van der Waals surface area contributed by atoms with Crippen molar-refractivity contribution in [2.45, 2.75) is 34.3 Å². The molecule has 0 unspecified atom stereocenters. The van der Waals surface area contributed by atoms with E-state index in [1.807, 2.05) is 39.0 Å². The summed E-state index contributed by atoms with van der Waals surface area (Å²) in [6, 6.07) is 9.91. The van der Waals surface area contributed by atoms with E-state index in [-0.39, 0.29) is 12.5 Å². The molecular weight excluding hydrogens is 354 g/mol. The van der Waals surface area contributed by atoms with Crippen LogP contribution in [0.15, 0.2) is 35.4 Å². The molecule has 0 aliphatic carbocycles. The smallest absolute Gasteiger partial charge is 0.259 e. The van der Waals surface area contributed by atoms with Crippen LogP contribution in [-0.2, 0) is 16.1 Å². The highest BCUT2D eigenvalue weighted by molar-refractivity contribution is 5.99. The average molecular weight is 383 g/mol. The van der Waals surface area contributed by atoms with E-state index >= 15 is 0 Å². The summed E-state index contributed by atoms with van der Waals surface area (Å²) in [4.78, 5) is 12.2. The number of methoxy groups -OCH3 is 2. The fraction of sp³-hybridized carbons (Fsp3) is 0.364. The first-order valence-corrected chi connectivity index (χ1v) is 9.16. The number of nitrogens with one attached hydrogen (secondary N) is 2. The lowest BCUT2D eigenvalue weighted by atomic mass is 10.1. The Bertz CT molecular complexity index is 852. The summed E-state index contributed by atoms with van der Waals surface area (Å²) in [5.41, 5.74) is 9.56. The molecule has 28 heavy (non-hydrogen) atoms. The predicted octanol–water partition coefficient (Wildman–Crippen LogP) is 3.72. The molecule has 2 N–H and O–H groups in total. The molecule has 0 heterocycles. The van der Waals surface area contributed by atoms with Crippen LogP contribution in [0.3, 0.4) is 0 Å². The number of carbonyl (C=O) groups excluding carboxylic acids is 1. The standard InChI is InChI=1S/C22H29N3O3/c1-14-9-15(2)22(16(3)10-14)23-12-21(26)25-24-17(4)18-7-8-20(28-6)19(11-18)13-27-5/h7-11,23H,12-13H2,1-6H3,(H,25,26)/b24-17-. The summed E-state index contributed by atoms with van der Waals surface area (Å²) in [6.45, 7) is 8.56. The van der Waals surface area contributed by atoms with Crippen LogP contribution < -0.4 is 15.5 Å². The first-order chi connectivity index (χ1) is 13.3. The van der Waals surface area contributed by atoms with Crippen molar-refractivity contribution in [1.82, 2.24) is 5.43 Å². The minimum Gasteiger partial charge on any atom is -0.496 e. The van der Waals surface area contributed by atoms with Gasteiger partial charge in [-0.1, -0.05) is 17.7 Å². The third-order valence-corrected chi connectivity index (χ3v) is 4.45. The Hall–Kier alpha value is -2.86. The van der Waals surface area contributed by atoms with Gasteiger partial charge in [-0.15, -0.1) is 0 Å². The third kappa shape index (κ3) is 5.57. The number of amides is 1. The van der Waals surface area contributed by atoms with Gasteiger partial charge in [0.25, 0.3) is 5.91 Å². The van der Waals surface area contributed by atoms with E-state index in [0.717, 1.165) is 33.7 Å². The number of ether oxygens (including phenoxy) is 2. The summed E-state index contributed by atoms with van der Waals surface area (Å²) in [7, 11) is 3.26. The van der Waals surface area contributed by atoms with E-state index in [2.05, 4.69) is 34.9 Å². The van der Waals surface area contributed by atoms with Gasteiger partial charge in [0.15, 0.2) is 0 Å². The number of nitrogens with zero attached hydrogens (tertiary/aromatic N) is 1. The van der Waals surface area contributed by atoms with Gasteiger partial charge in [0.1, 0.15) is 5.75 Å². The summed E-state index contributed by atoms with van der Waals surface area (Å²) < 4.78 is 10.5. The second-order valence-electron chi connectivity index (χ2n) is 6.82. The normalized spacial score (nSPS) is 11.3. The number of rotatable bonds is 8. The minimum absolute atomic E-state index is 0.152. The number of aryl methyl sites for hydroxylation is 3. The molecule has 2 rings (SSSR count). The van der Waals surface area contributed by atoms with Gasteiger partial charge in [-0.3, -0.25) is 4.79 Å². The molecule has 0 atom stereocenters. The van der Waals surface area contributed by atoms with Crippen molar-refractivity contribution < 1.29 is 14.3 Å². The van der Waals surface area contributed by atoms with Gasteiger partial charge in [-0.25, -0.2) is 5.43 Å². The summed E-state index contributed by atoms with van der Waals surface area (Å²) in [6.07, 6.45) is 0. The van der Waals surface area contributed by atoms with E-state index in [9.17, 15) is 4.79 Å². The lowest BCUT2D eigenvalue weighted by Gasteiger charge is -2.13. The molecule has 0 aromatic heterocycles. The van der Waals surface area contributed by atoms with E-state index in [1.165, 1.54) is 5.56 Å². The van der Waals surface area contributed by atoms with Gasteiger partial charge in [-0.05, 0) is 62.6 Å². The quantitative estimate of drug-likeness (QED) is 0.538. The number of hydrogen-bond donors (Lipinski definition) is 2. The van der Waals surface area contributed by atoms with Gasteiger partial charge in [0.05, 0.1) is 26.0 Å². The molecule has 0 aliphatic heterocycles. The van der Waals surface area contributed by atoms with Gasteiger partial charge in [-0.2, -0.15) is 5.10 Å². The van der Waals surface area contributed by atoms with Crippen LogP contribution >= 0.6 is 0 Å². The fourth-order valence-electron chi connectivity index (χ4n) is 3.15. The van der Waals surface area contributed by atoms with Gasteiger partial charge in [0.2, 0.25) is 0 Å². The SMILES string of the molecule is COCc1cc(/C(C)=N\NC(=O)CNc2c(C)cc(C)cc2C)ccc1OC. The van der Waals surface area contributed by atoms with Crippen molar-refractivity contribution in [2.24, 2.45) is 5.10 Å². The first-order valence-electron chi connectivity index (χ1n) is 9.16. The molecule has 0 radical (unpaired) electrons. The lowest BCUT2D eigenvalue weighted by molar-refractivity contribution is -0.119. The van der Waals surface area contributed by atoms with E-state index < -0.39 is 0 Å². The Kier molecular flexibility index (Phi) is 7.58. The molecule has 150 valence electrons. The molecule has 2 aromatic rings. The van der Waals surface area contributed by atoms with E-state index in [1.54, 1.807) is 14.2 Å². The molecule has 0 fully saturated rings. The zero-order valence-electron chi connectivity index (χ0n) is 17.5. The van der Waals surface area contributed by atoms with Crippen LogP contribution in [0.5, 0.6) is 5.75 Å². The molecule has 2 aromatic carbocycles. The van der Waals surface area contributed by atoms with Crippen molar-refractivity contribution >= 4 is 17.3 Å². The van der Waals surface area contributed by atoms with Gasteiger partial charge < -0.3 is 14.8 Å². The number of benzene rings is 2. The number of hydrogen-bond acceptors (Lipinski definition) is 5. The number of carbonyl (C=O) groups is 1. The maximum Gasteiger partial charge on any atom is 0.259 e. The van der Waals surface area contributed by atoms with Crippen LogP contribution in [-0.4, -0.2) is 32.4 Å². The van der Waals surface area contributed by atoms with Crippen molar-refractivity contribution in [1.29, 1.82) is 0 Å². The van der Waals surface area contributed by atoms with Crippen molar-refractivity contribution in [3.8, 4) is 5.75 Å². The van der Waals surface area contributed by atoms with Crippen LogP contribution in [0.25, 0.3) is 0 Å². The van der Waals surface area contributed by atoms with Crippen LogP contribution in [0.4, 0.5) is 5.69 Å². The highest BCUT2D eigenvalue weighted by Gasteiger charge is 2.08. The van der Waals surface area contributed by atoms with E-state index in [0.29, 0.717) is 12.3 Å². The van der Waals surface area contributed by atoms with Crippen molar-refractivity contribution in [3.63, 3.8) is 0 Å². The molecule has 0 spiro atoms. The predicted molar refractivity (Wildman–Crippen MR) is 113 cm³/mol. The van der Waals surface area contributed by atoms with Crippen molar-refractivity contribution in [3.05, 3.63) is 58.1 Å². The highest BCUT2D eigenvalue weighted by atomic mass is 16.5. The monoisotopic (exact) mass is 383 g/mol. The number of anilines is 1. The largest absolute Gasteiger partial charge is 0.496 e. The highest BCUT2D eigenvalue weighted by Crippen LogP contribution is 2.22. The average Bonchev–Trinajstić information content (AvgIpc) is 2.65. The van der Waals surface area contributed by atoms with Gasteiger partial charge in [0, 0.05) is 18.4 Å². The molecule has 0 aliphatic rings. The molecule has 6 nitrogen and oxygen atoms in total. The molecule has 0 bridgehead atoms. The minimum atomic E-state index is -0.204. The zero-order valence-corrected chi connectivity index (χ0v) is 17.5. The summed E-state index contributed by atoms with van der Waals surface area (Å²) in [5.74, 6) is 0.555. The molecular formula is C22H29N3O3. The molecule has 0 saturated carbocycles. The van der Waals surface area contributed by atoms with Gasteiger partial charge >= 0.3 is 0 Å². The molecule has 6 heteroatoms. The fourth-order valence-corrected chi connectivity index (χ4v) is 3.15. The Morgan fingerprint density at radius 1 is 1.07 bits per heavy atom. The Balaban J connectivity index is 2.01. The topological polar surface area (TPSA) is 72.0 Å². The van der Waals surface area contributed by atoms with E-state index in [4.69, 9.17) is 9.47 Å². The third-order valence-electron chi connectivity index (χ3n) is 4.45. The Morgan fingerprint density at radius 2 is 1.75 bits per heavy atom. The number of hydrazone groups is 1. The first kappa shape index (κ1) is 21.4. The van der Waals surface area contributed by atoms with Crippen LogP contribution in [0.2, 0.25) is 0 Å². The summed E-state index contributed by atoms with van der Waals surface area (Å²) in [5, 5.41) is 7.42. The maximum atomic E-state index is 12.2. The summed E-state index contributed by atoms with van der Waals surface area (Å²) >= 11 is 0. The Morgan fingerprint density at radius 3 is 2.36 bits per heavy atom. The second-order valence-corrected chi connectivity index (χ2v) is 6.82. The molecule has 1 amide bonds. The lowest BCUT2D eigenvalue weighted by Crippen LogP contribution is -2.27. The second kappa shape index (κ2) is 9.90. The zero-order chi connectivity index (χ0) is 20.7. The van der Waals surface area contributed by atoms with Crippen molar-refractivity contribution in [2.75, 3.05) is 26.1 Å². The maximum absolute atomic E-state index is 12.2. The molecule has 0 saturated heterocycles. The Labute approximate surface area is 166 Å². The van der Waals surface area contributed by atoms with Crippen LogP contribution in [0, 0.1) is 20.8 Å². The van der Waals surface area contributed by atoms with Crippen LogP contribution in [0.1, 0.15) is 34.7 Å².